The maximum Gasteiger partial charge on any atom is 0.231 e. The molecule has 0 radical (unpaired) electrons. The van der Waals surface area contributed by atoms with Crippen LogP contribution in [0.15, 0.2) is 16.9 Å². The first-order chi connectivity index (χ1) is 9.93. The van der Waals surface area contributed by atoms with Crippen molar-refractivity contribution in [2.24, 2.45) is 11.1 Å². The second-order valence-electron chi connectivity index (χ2n) is 6.10. The monoisotopic (exact) mass is 291 g/mol. The number of methoxy groups -OCH3 is 1. The number of hydrogen-bond acceptors (Lipinski definition) is 7. The molecule has 7 nitrogen and oxygen atoms in total. The molecule has 0 saturated heterocycles. The lowest BCUT2D eigenvalue weighted by atomic mass is 9.84. The summed E-state index contributed by atoms with van der Waals surface area (Å²) in [7, 11) is 1.54. The molecule has 2 rings (SSSR count). The predicted molar refractivity (Wildman–Crippen MR) is 77.7 cm³/mol. The van der Waals surface area contributed by atoms with Crippen molar-refractivity contribution in [1.29, 1.82) is 0 Å². The molecule has 0 aliphatic rings. The van der Waals surface area contributed by atoms with Gasteiger partial charge in [-0.25, -0.2) is 9.97 Å². The third kappa shape index (κ3) is 3.98. The van der Waals surface area contributed by atoms with E-state index in [-0.39, 0.29) is 11.3 Å². The molecule has 0 spiro atoms. The minimum Gasteiger partial charge on any atom is -0.481 e. The van der Waals surface area contributed by atoms with Gasteiger partial charge < -0.3 is 15.0 Å². The standard InChI is InChI=1S/C14H21N5O2/c1-14(2,3)6-9(7-15)13-18-12(19-21-13)10-5-11(20-4)17-8-16-10/h5,8-9H,6-7,15H2,1-4H3. The Morgan fingerprint density at radius 2 is 2.10 bits per heavy atom. The summed E-state index contributed by atoms with van der Waals surface area (Å²) in [5, 5.41) is 3.97. The fourth-order valence-corrected chi connectivity index (χ4v) is 2.09. The molecule has 0 bridgehead atoms. The topological polar surface area (TPSA) is 100.0 Å². The van der Waals surface area contributed by atoms with E-state index in [1.54, 1.807) is 13.2 Å². The van der Waals surface area contributed by atoms with Crippen LogP contribution in [0.3, 0.4) is 0 Å². The van der Waals surface area contributed by atoms with E-state index in [0.29, 0.717) is 29.8 Å². The highest BCUT2D eigenvalue weighted by Crippen LogP contribution is 2.30. The van der Waals surface area contributed by atoms with Crippen LogP contribution in [0, 0.1) is 5.41 Å². The highest BCUT2D eigenvalue weighted by molar-refractivity contribution is 5.49. The molecular weight excluding hydrogens is 270 g/mol. The first kappa shape index (κ1) is 15.4. The average Bonchev–Trinajstić information content (AvgIpc) is 2.93. The Morgan fingerprint density at radius 3 is 2.71 bits per heavy atom. The van der Waals surface area contributed by atoms with Crippen LogP contribution < -0.4 is 10.5 Å². The minimum absolute atomic E-state index is 0.0370. The van der Waals surface area contributed by atoms with Crippen molar-refractivity contribution in [3.8, 4) is 17.4 Å². The summed E-state index contributed by atoms with van der Waals surface area (Å²) in [6, 6.07) is 1.66. The number of ether oxygens (including phenoxy) is 1. The van der Waals surface area contributed by atoms with Gasteiger partial charge in [0, 0.05) is 12.6 Å². The van der Waals surface area contributed by atoms with Crippen LogP contribution in [-0.4, -0.2) is 33.8 Å². The van der Waals surface area contributed by atoms with E-state index in [9.17, 15) is 0 Å². The second-order valence-corrected chi connectivity index (χ2v) is 6.10. The molecular formula is C14H21N5O2. The van der Waals surface area contributed by atoms with Crippen LogP contribution in [-0.2, 0) is 0 Å². The number of nitrogens with zero attached hydrogens (tertiary/aromatic N) is 4. The molecule has 114 valence electrons. The second kappa shape index (κ2) is 6.17. The zero-order valence-electron chi connectivity index (χ0n) is 12.8. The maximum absolute atomic E-state index is 5.83. The molecule has 0 aliphatic carbocycles. The van der Waals surface area contributed by atoms with Gasteiger partial charge in [0.15, 0.2) is 0 Å². The Hall–Kier alpha value is -2.02. The molecule has 0 amide bonds. The number of rotatable bonds is 5. The molecule has 2 aromatic heterocycles. The van der Waals surface area contributed by atoms with E-state index >= 15 is 0 Å². The maximum atomic E-state index is 5.83. The van der Waals surface area contributed by atoms with Crippen LogP contribution in [0.5, 0.6) is 5.88 Å². The van der Waals surface area contributed by atoms with Crippen molar-refractivity contribution < 1.29 is 9.26 Å². The smallest absolute Gasteiger partial charge is 0.231 e. The van der Waals surface area contributed by atoms with Crippen molar-refractivity contribution >= 4 is 0 Å². The minimum atomic E-state index is 0.0370. The first-order valence-corrected chi connectivity index (χ1v) is 6.83. The third-order valence-electron chi connectivity index (χ3n) is 3.01. The molecule has 0 aromatic carbocycles. The predicted octanol–water partition coefficient (Wildman–Crippen LogP) is 2.01. The Labute approximate surface area is 123 Å². The molecule has 0 fully saturated rings. The van der Waals surface area contributed by atoms with Crippen molar-refractivity contribution in [2.45, 2.75) is 33.1 Å². The Bertz CT molecular complexity index is 591. The van der Waals surface area contributed by atoms with Crippen molar-refractivity contribution in [1.82, 2.24) is 20.1 Å². The zero-order valence-corrected chi connectivity index (χ0v) is 12.8. The van der Waals surface area contributed by atoms with E-state index in [4.69, 9.17) is 15.0 Å². The molecule has 0 aliphatic heterocycles. The Balaban J connectivity index is 2.23. The summed E-state index contributed by atoms with van der Waals surface area (Å²) in [4.78, 5) is 12.5. The average molecular weight is 291 g/mol. The SMILES string of the molecule is COc1cc(-c2noc(C(CN)CC(C)(C)C)n2)ncn1. The van der Waals surface area contributed by atoms with Gasteiger partial charge >= 0.3 is 0 Å². The largest absolute Gasteiger partial charge is 0.481 e. The molecule has 0 saturated carbocycles. The van der Waals surface area contributed by atoms with Crippen molar-refractivity contribution in [2.75, 3.05) is 13.7 Å². The quantitative estimate of drug-likeness (QED) is 0.899. The van der Waals surface area contributed by atoms with Gasteiger partial charge in [-0.15, -0.1) is 0 Å². The van der Waals surface area contributed by atoms with Crippen molar-refractivity contribution in [3.05, 3.63) is 18.3 Å². The van der Waals surface area contributed by atoms with E-state index in [2.05, 4.69) is 40.9 Å². The molecule has 2 aromatic rings. The Kier molecular flexibility index (Phi) is 4.52. The lowest BCUT2D eigenvalue weighted by molar-refractivity contribution is 0.287. The summed E-state index contributed by atoms with van der Waals surface area (Å²) in [5.74, 6) is 1.45. The third-order valence-corrected chi connectivity index (χ3v) is 3.01. The highest BCUT2D eigenvalue weighted by Gasteiger charge is 2.24. The summed E-state index contributed by atoms with van der Waals surface area (Å²) in [6.07, 6.45) is 2.28. The fourth-order valence-electron chi connectivity index (χ4n) is 2.09. The number of hydrogen-bond donors (Lipinski definition) is 1. The normalized spacial score (nSPS) is 13.2. The molecule has 2 heterocycles. The Morgan fingerprint density at radius 1 is 1.33 bits per heavy atom. The molecule has 2 N–H and O–H groups in total. The van der Waals surface area contributed by atoms with Gasteiger partial charge in [-0.1, -0.05) is 25.9 Å². The molecule has 1 unspecified atom stereocenters. The lowest BCUT2D eigenvalue weighted by Crippen LogP contribution is -2.19. The summed E-state index contributed by atoms with van der Waals surface area (Å²) < 4.78 is 10.4. The number of aromatic nitrogens is 4. The van der Waals surface area contributed by atoms with Gasteiger partial charge in [-0.2, -0.15) is 4.98 Å². The molecule has 7 heteroatoms. The van der Waals surface area contributed by atoms with E-state index in [0.717, 1.165) is 6.42 Å². The van der Waals surface area contributed by atoms with E-state index in [1.165, 1.54) is 6.33 Å². The van der Waals surface area contributed by atoms with Gasteiger partial charge in [-0.3, -0.25) is 0 Å². The molecule has 21 heavy (non-hydrogen) atoms. The van der Waals surface area contributed by atoms with Crippen LogP contribution in [0.4, 0.5) is 0 Å². The van der Waals surface area contributed by atoms with Gasteiger partial charge in [0.1, 0.15) is 12.0 Å². The van der Waals surface area contributed by atoms with E-state index in [1.807, 2.05) is 0 Å². The van der Waals surface area contributed by atoms with Crippen LogP contribution in [0.2, 0.25) is 0 Å². The van der Waals surface area contributed by atoms with Crippen molar-refractivity contribution in [3.63, 3.8) is 0 Å². The van der Waals surface area contributed by atoms with Gasteiger partial charge in [-0.05, 0) is 11.8 Å². The van der Waals surface area contributed by atoms with E-state index < -0.39 is 0 Å². The number of nitrogens with two attached hydrogens (primary N) is 1. The summed E-state index contributed by atoms with van der Waals surface area (Å²) in [6.45, 7) is 6.93. The summed E-state index contributed by atoms with van der Waals surface area (Å²) >= 11 is 0. The van der Waals surface area contributed by atoms with Gasteiger partial charge in [0.2, 0.25) is 17.6 Å². The first-order valence-electron chi connectivity index (χ1n) is 6.83. The van der Waals surface area contributed by atoms with Crippen LogP contribution in [0.1, 0.15) is 39.0 Å². The van der Waals surface area contributed by atoms with Gasteiger partial charge in [0.25, 0.3) is 0 Å². The summed E-state index contributed by atoms with van der Waals surface area (Å²) in [5.41, 5.74) is 6.53. The zero-order chi connectivity index (χ0) is 15.5. The highest BCUT2D eigenvalue weighted by atomic mass is 16.5. The van der Waals surface area contributed by atoms with Gasteiger partial charge in [0.05, 0.1) is 13.0 Å². The lowest BCUT2D eigenvalue weighted by Gasteiger charge is -2.22. The fraction of sp³-hybridized carbons (Fsp3) is 0.571. The molecule has 1 atom stereocenters. The van der Waals surface area contributed by atoms with Crippen LogP contribution >= 0.6 is 0 Å². The van der Waals surface area contributed by atoms with Crippen LogP contribution in [0.25, 0.3) is 11.5 Å².